The molecule has 0 atom stereocenters. The fraction of sp³-hybridized carbons (Fsp3) is 0.100. The van der Waals surface area contributed by atoms with Crippen molar-refractivity contribution in [3.63, 3.8) is 0 Å². The highest BCUT2D eigenvalue weighted by molar-refractivity contribution is 9.10. The molecule has 0 aliphatic rings. The van der Waals surface area contributed by atoms with Crippen molar-refractivity contribution in [2.75, 3.05) is 0 Å². The number of rotatable bonds is 4. The van der Waals surface area contributed by atoms with E-state index in [1.807, 2.05) is 0 Å². The van der Waals surface area contributed by atoms with Crippen molar-refractivity contribution in [1.29, 1.82) is 0 Å². The van der Waals surface area contributed by atoms with Crippen LogP contribution in [0.3, 0.4) is 0 Å². The van der Waals surface area contributed by atoms with Crippen molar-refractivity contribution >= 4 is 27.7 Å². The van der Waals surface area contributed by atoms with Crippen molar-refractivity contribution in [3.8, 4) is 0 Å². The zero-order chi connectivity index (χ0) is 14.9. The van der Waals surface area contributed by atoms with E-state index in [1.165, 1.54) is 0 Å². The molecule has 2 rings (SSSR count). The molecule has 10 heteroatoms. The fourth-order valence-corrected chi connectivity index (χ4v) is 1.75. The van der Waals surface area contributed by atoms with E-state index in [9.17, 15) is 23.7 Å². The number of aromatic nitrogens is 3. The summed E-state index contributed by atoms with van der Waals surface area (Å²) in [6.07, 6.45) is 0. The quantitative estimate of drug-likeness (QED) is 0.480. The normalized spacial score (nSPS) is 10.6. The summed E-state index contributed by atoms with van der Waals surface area (Å²) in [4.78, 5) is 25.0. The molecule has 20 heavy (non-hydrogen) atoms. The number of halogens is 3. The summed E-state index contributed by atoms with van der Waals surface area (Å²) < 4.78 is 26.7. The van der Waals surface area contributed by atoms with Crippen LogP contribution >= 0.6 is 15.9 Å². The predicted molar refractivity (Wildman–Crippen MR) is 65.1 cm³/mol. The maximum atomic E-state index is 13.0. The average Bonchev–Trinajstić information content (AvgIpc) is 2.74. The molecule has 1 heterocycles. The van der Waals surface area contributed by atoms with E-state index >= 15 is 0 Å². The molecule has 0 unspecified atom stereocenters. The minimum atomic E-state index is -1.15. The molecule has 0 spiro atoms. The lowest BCUT2D eigenvalue weighted by atomic mass is 10.1. The van der Waals surface area contributed by atoms with Crippen LogP contribution in [-0.2, 0) is 6.54 Å². The van der Waals surface area contributed by atoms with Gasteiger partial charge in [-0.25, -0.2) is 8.78 Å². The third-order valence-electron chi connectivity index (χ3n) is 2.31. The van der Waals surface area contributed by atoms with Crippen molar-refractivity contribution in [2.45, 2.75) is 6.54 Å². The standard InChI is InChI=1S/C10H5BrF2N4O3/c11-9-14-10(17(19)20)15-16(9)4-8(18)5-1-2-6(12)7(13)3-5/h1-3H,4H2. The second-order valence-electron chi connectivity index (χ2n) is 3.65. The van der Waals surface area contributed by atoms with Crippen molar-refractivity contribution in [2.24, 2.45) is 0 Å². The molecule has 0 bridgehead atoms. The molecule has 1 aromatic carbocycles. The zero-order valence-corrected chi connectivity index (χ0v) is 11.2. The van der Waals surface area contributed by atoms with Gasteiger partial charge in [0.15, 0.2) is 17.4 Å². The van der Waals surface area contributed by atoms with Gasteiger partial charge >= 0.3 is 5.95 Å². The number of benzene rings is 1. The Balaban J connectivity index is 2.23. The van der Waals surface area contributed by atoms with Crippen LogP contribution in [-0.4, -0.2) is 25.5 Å². The van der Waals surface area contributed by atoms with E-state index in [-0.39, 0.29) is 10.3 Å². The molecule has 2 aromatic rings. The smallest absolute Gasteiger partial charge is 0.390 e. The first-order valence-electron chi connectivity index (χ1n) is 5.11. The summed E-state index contributed by atoms with van der Waals surface area (Å²) in [7, 11) is 0. The number of hydrogen-bond donors (Lipinski definition) is 0. The Labute approximate surface area is 118 Å². The van der Waals surface area contributed by atoms with Gasteiger partial charge in [-0.15, -0.1) is 0 Å². The average molecular weight is 347 g/mol. The van der Waals surface area contributed by atoms with Gasteiger partial charge in [-0.3, -0.25) is 4.79 Å². The van der Waals surface area contributed by atoms with Crippen LogP contribution in [0.25, 0.3) is 0 Å². The Kier molecular flexibility index (Phi) is 3.84. The van der Waals surface area contributed by atoms with E-state index in [0.29, 0.717) is 0 Å². The third-order valence-corrected chi connectivity index (χ3v) is 2.90. The lowest BCUT2D eigenvalue weighted by molar-refractivity contribution is -0.394. The number of Topliss-reactive ketones (excluding diaryl/α,β-unsaturated/α-hetero) is 1. The van der Waals surface area contributed by atoms with Gasteiger partial charge in [0.25, 0.3) is 4.73 Å². The first-order chi connectivity index (χ1) is 9.38. The Morgan fingerprint density at radius 3 is 2.65 bits per heavy atom. The summed E-state index contributed by atoms with van der Waals surface area (Å²) in [6, 6.07) is 2.68. The maximum Gasteiger partial charge on any atom is 0.492 e. The van der Waals surface area contributed by atoms with Gasteiger partial charge in [0, 0.05) is 26.6 Å². The summed E-state index contributed by atoms with van der Waals surface area (Å²) >= 11 is 2.91. The van der Waals surface area contributed by atoms with Crippen molar-refractivity contribution < 1.29 is 18.5 Å². The van der Waals surface area contributed by atoms with E-state index in [2.05, 4.69) is 26.0 Å². The molecule has 0 saturated carbocycles. The van der Waals surface area contributed by atoms with E-state index in [1.54, 1.807) is 0 Å². The topological polar surface area (TPSA) is 90.9 Å². The third kappa shape index (κ3) is 2.85. The molecule has 0 saturated heterocycles. The number of hydrogen-bond acceptors (Lipinski definition) is 5. The van der Waals surface area contributed by atoms with Crippen LogP contribution in [0.15, 0.2) is 22.9 Å². The SMILES string of the molecule is O=C(Cn1nc([N+](=O)[O-])nc1Br)c1ccc(F)c(F)c1. The maximum absolute atomic E-state index is 13.0. The van der Waals surface area contributed by atoms with E-state index in [4.69, 9.17) is 0 Å². The molecule has 7 nitrogen and oxygen atoms in total. The minimum absolute atomic E-state index is 0.0138. The monoisotopic (exact) mass is 346 g/mol. The highest BCUT2D eigenvalue weighted by Crippen LogP contribution is 2.14. The highest BCUT2D eigenvalue weighted by atomic mass is 79.9. The van der Waals surface area contributed by atoms with Crippen LogP contribution < -0.4 is 0 Å². The van der Waals surface area contributed by atoms with Crippen molar-refractivity contribution in [3.05, 3.63) is 50.2 Å². The molecule has 0 fully saturated rings. The van der Waals surface area contributed by atoms with Crippen molar-refractivity contribution in [1.82, 2.24) is 14.8 Å². The highest BCUT2D eigenvalue weighted by Gasteiger charge is 2.22. The van der Waals surface area contributed by atoms with Crippen LogP contribution in [0.4, 0.5) is 14.7 Å². The molecule has 1 aromatic heterocycles. The van der Waals surface area contributed by atoms with Gasteiger partial charge in [-0.05, 0) is 28.1 Å². The molecule has 0 radical (unpaired) electrons. The zero-order valence-electron chi connectivity index (χ0n) is 9.59. The number of carbonyl (C=O) groups is 1. The van der Waals surface area contributed by atoms with Crippen LogP contribution in [0.2, 0.25) is 0 Å². The largest absolute Gasteiger partial charge is 0.492 e. The Morgan fingerprint density at radius 1 is 1.40 bits per heavy atom. The summed E-state index contributed by atoms with van der Waals surface area (Å²) in [5.41, 5.74) is -0.0750. The molecule has 104 valence electrons. The van der Waals surface area contributed by atoms with Gasteiger partial charge in [-0.1, -0.05) is 0 Å². The van der Waals surface area contributed by atoms with Crippen LogP contribution in [0.1, 0.15) is 10.4 Å². The number of ketones is 1. The Bertz CT molecular complexity index is 704. The second kappa shape index (κ2) is 5.41. The number of nitrogens with zero attached hydrogens (tertiary/aromatic N) is 4. The Hall–Kier alpha value is -2.23. The molecular formula is C10H5BrF2N4O3. The molecule has 0 N–H and O–H groups in total. The molecule has 0 amide bonds. The van der Waals surface area contributed by atoms with Gasteiger partial charge in [0.2, 0.25) is 0 Å². The van der Waals surface area contributed by atoms with Gasteiger partial charge < -0.3 is 10.1 Å². The molecular weight excluding hydrogens is 342 g/mol. The summed E-state index contributed by atoms with van der Waals surface area (Å²) in [6.45, 7) is -0.396. The second-order valence-corrected chi connectivity index (χ2v) is 4.36. The predicted octanol–water partition coefficient (Wildman–Crippen LogP) is 2.11. The van der Waals surface area contributed by atoms with Crippen LogP contribution in [0.5, 0.6) is 0 Å². The lowest BCUT2D eigenvalue weighted by Crippen LogP contribution is -2.12. The fourth-order valence-electron chi connectivity index (χ4n) is 1.39. The van der Waals surface area contributed by atoms with Gasteiger partial charge in [-0.2, -0.15) is 4.68 Å². The molecule has 0 aliphatic carbocycles. The van der Waals surface area contributed by atoms with Gasteiger partial charge in [0.1, 0.15) is 6.54 Å². The first kappa shape index (κ1) is 14.2. The van der Waals surface area contributed by atoms with E-state index < -0.39 is 34.8 Å². The Morgan fingerprint density at radius 2 is 2.10 bits per heavy atom. The number of carbonyl (C=O) groups excluding carboxylic acids is 1. The summed E-state index contributed by atoms with van der Waals surface area (Å²) in [5, 5.41) is 14.0. The van der Waals surface area contributed by atoms with Crippen LogP contribution in [0, 0.1) is 21.7 Å². The first-order valence-corrected chi connectivity index (χ1v) is 5.91. The molecule has 0 aliphatic heterocycles. The van der Waals surface area contributed by atoms with E-state index in [0.717, 1.165) is 22.9 Å². The lowest BCUT2D eigenvalue weighted by Gasteiger charge is -2.00. The number of nitro groups is 1. The summed E-state index contributed by atoms with van der Waals surface area (Å²) in [5.74, 6) is -3.49. The van der Waals surface area contributed by atoms with Gasteiger partial charge in [0.05, 0.1) is 0 Å². The minimum Gasteiger partial charge on any atom is -0.390 e.